The first kappa shape index (κ1) is 12.5. The van der Waals surface area contributed by atoms with Gasteiger partial charge in [0.2, 0.25) is 0 Å². The molecule has 0 aliphatic carbocycles. The molecule has 1 rings (SSSR count). The highest BCUT2D eigenvalue weighted by molar-refractivity contribution is 7.12. The van der Waals surface area contributed by atoms with E-state index in [4.69, 9.17) is 11.6 Å². The second-order valence-electron chi connectivity index (χ2n) is 3.41. The Morgan fingerprint density at radius 3 is 2.87 bits per heavy atom. The molecular weight excluding hydrogens is 228 g/mol. The van der Waals surface area contributed by atoms with Crippen molar-refractivity contribution in [2.24, 2.45) is 0 Å². The molecule has 15 heavy (non-hydrogen) atoms. The van der Waals surface area contributed by atoms with Gasteiger partial charge in [-0.15, -0.1) is 17.9 Å². The van der Waals surface area contributed by atoms with Crippen molar-refractivity contribution in [3.05, 3.63) is 34.0 Å². The van der Waals surface area contributed by atoms with Crippen molar-refractivity contribution in [1.29, 1.82) is 0 Å². The zero-order valence-electron chi connectivity index (χ0n) is 8.67. The van der Waals surface area contributed by atoms with Gasteiger partial charge in [-0.25, -0.2) is 0 Å². The molecule has 0 N–H and O–H groups in total. The summed E-state index contributed by atoms with van der Waals surface area (Å²) in [4.78, 5) is 12.4. The minimum atomic E-state index is 0.175. The highest BCUT2D eigenvalue weighted by atomic mass is 35.5. The SMILES string of the molecule is C=CCCCCCC(=O)c1sccc1Cl. The molecule has 1 aromatic rings. The van der Waals surface area contributed by atoms with Gasteiger partial charge in [-0.05, 0) is 30.7 Å². The predicted molar refractivity (Wildman–Crippen MR) is 66.9 cm³/mol. The molecule has 1 nitrogen and oxygen atoms in total. The molecule has 0 radical (unpaired) electrons. The fraction of sp³-hybridized carbons (Fsp3) is 0.417. The zero-order valence-corrected chi connectivity index (χ0v) is 10.2. The lowest BCUT2D eigenvalue weighted by Crippen LogP contribution is -1.96. The van der Waals surface area contributed by atoms with Crippen LogP contribution in [0.3, 0.4) is 0 Å². The zero-order chi connectivity index (χ0) is 11.1. The van der Waals surface area contributed by atoms with E-state index >= 15 is 0 Å². The molecule has 0 aliphatic heterocycles. The van der Waals surface area contributed by atoms with E-state index in [1.165, 1.54) is 11.3 Å². The molecule has 1 heterocycles. The van der Waals surface area contributed by atoms with Crippen LogP contribution in [0.4, 0.5) is 0 Å². The molecule has 0 saturated heterocycles. The third-order valence-corrected chi connectivity index (χ3v) is 3.56. The number of Topliss-reactive ketones (excluding diaryl/α,β-unsaturated/α-hetero) is 1. The summed E-state index contributed by atoms with van der Waals surface area (Å²) < 4.78 is 0. The monoisotopic (exact) mass is 242 g/mol. The van der Waals surface area contributed by atoms with Crippen LogP contribution in [0.1, 0.15) is 41.8 Å². The van der Waals surface area contributed by atoms with E-state index in [1.807, 2.05) is 11.5 Å². The molecule has 0 saturated carbocycles. The number of carbonyl (C=O) groups excluding carboxylic acids is 1. The van der Waals surface area contributed by atoms with E-state index in [0.717, 1.165) is 25.7 Å². The fourth-order valence-corrected chi connectivity index (χ4v) is 2.49. The minimum absolute atomic E-state index is 0.175. The summed E-state index contributed by atoms with van der Waals surface area (Å²) in [5.41, 5.74) is 0. The van der Waals surface area contributed by atoms with E-state index < -0.39 is 0 Å². The average Bonchev–Trinajstić information content (AvgIpc) is 2.64. The molecule has 0 atom stereocenters. The number of carbonyl (C=O) groups is 1. The van der Waals surface area contributed by atoms with Gasteiger partial charge in [0.15, 0.2) is 5.78 Å². The lowest BCUT2D eigenvalue weighted by molar-refractivity contribution is 0.0983. The van der Waals surface area contributed by atoms with Crippen LogP contribution in [0.25, 0.3) is 0 Å². The Hall–Kier alpha value is -0.600. The number of unbranched alkanes of at least 4 members (excludes halogenated alkanes) is 3. The quantitative estimate of drug-likeness (QED) is 0.384. The van der Waals surface area contributed by atoms with E-state index in [9.17, 15) is 4.79 Å². The Morgan fingerprint density at radius 1 is 1.47 bits per heavy atom. The summed E-state index contributed by atoms with van der Waals surface area (Å²) in [5, 5.41) is 2.45. The van der Waals surface area contributed by atoms with Crippen LogP contribution >= 0.6 is 22.9 Å². The largest absolute Gasteiger partial charge is 0.293 e. The van der Waals surface area contributed by atoms with Crippen LogP contribution in [0.2, 0.25) is 5.02 Å². The maximum atomic E-state index is 11.7. The highest BCUT2D eigenvalue weighted by Gasteiger charge is 2.10. The number of ketones is 1. The number of halogens is 1. The Kier molecular flexibility index (Phi) is 5.66. The lowest BCUT2D eigenvalue weighted by Gasteiger charge is -1.98. The smallest absolute Gasteiger partial charge is 0.174 e. The maximum absolute atomic E-state index is 11.7. The fourth-order valence-electron chi connectivity index (χ4n) is 1.36. The molecule has 82 valence electrons. The molecule has 0 spiro atoms. The van der Waals surface area contributed by atoms with Gasteiger partial charge in [0.1, 0.15) is 0 Å². The van der Waals surface area contributed by atoms with Crippen molar-refractivity contribution in [3.8, 4) is 0 Å². The van der Waals surface area contributed by atoms with Crippen LogP contribution in [0.15, 0.2) is 24.1 Å². The van der Waals surface area contributed by atoms with Crippen molar-refractivity contribution in [3.63, 3.8) is 0 Å². The minimum Gasteiger partial charge on any atom is -0.293 e. The van der Waals surface area contributed by atoms with Crippen LogP contribution in [0.5, 0.6) is 0 Å². The third kappa shape index (κ3) is 4.18. The molecule has 0 bridgehead atoms. The second kappa shape index (κ2) is 6.81. The van der Waals surface area contributed by atoms with Gasteiger partial charge in [0.25, 0.3) is 0 Å². The number of thiophene rings is 1. The predicted octanol–water partition coefficient (Wildman–Crippen LogP) is 4.72. The molecule has 3 heteroatoms. The van der Waals surface area contributed by atoms with Crippen LogP contribution in [-0.4, -0.2) is 5.78 Å². The Labute approximate surface area is 99.8 Å². The van der Waals surface area contributed by atoms with Crippen LogP contribution in [0, 0.1) is 0 Å². The van der Waals surface area contributed by atoms with Crippen LogP contribution < -0.4 is 0 Å². The molecule has 0 aromatic carbocycles. The summed E-state index contributed by atoms with van der Waals surface area (Å²) in [7, 11) is 0. The first-order chi connectivity index (χ1) is 7.25. The lowest BCUT2D eigenvalue weighted by atomic mass is 10.1. The van der Waals surface area contributed by atoms with Gasteiger partial charge in [0, 0.05) is 6.42 Å². The topological polar surface area (TPSA) is 17.1 Å². The number of allylic oxidation sites excluding steroid dienone is 1. The van der Waals surface area contributed by atoms with Crippen LogP contribution in [-0.2, 0) is 0 Å². The summed E-state index contributed by atoms with van der Waals surface area (Å²) in [6, 6.07) is 1.77. The number of hydrogen-bond donors (Lipinski definition) is 0. The van der Waals surface area contributed by atoms with E-state index in [2.05, 4.69) is 6.58 Å². The summed E-state index contributed by atoms with van der Waals surface area (Å²) >= 11 is 7.30. The molecule has 0 aliphatic rings. The Morgan fingerprint density at radius 2 is 2.27 bits per heavy atom. The van der Waals surface area contributed by atoms with E-state index in [1.54, 1.807) is 6.07 Å². The van der Waals surface area contributed by atoms with Gasteiger partial charge in [-0.2, -0.15) is 0 Å². The Balaban J connectivity index is 2.25. The standard InChI is InChI=1S/C12H15ClOS/c1-2-3-4-5-6-7-11(14)12-10(13)8-9-15-12/h2,8-9H,1,3-7H2. The number of hydrogen-bond acceptors (Lipinski definition) is 2. The first-order valence-corrected chi connectivity index (χ1v) is 6.38. The average molecular weight is 243 g/mol. The van der Waals surface area contributed by atoms with Crippen molar-refractivity contribution in [2.75, 3.05) is 0 Å². The second-order valence-corrected chi connectivity index (χ2v) is 4.73. The molecule has 1 aromatic heterocycles. The van der Waals surface area contributed by atoms with Crippen molar-refractivity contribution >= 4 is 28.7 Å². The van der Waals surface area contributed by atoms with Gasteiger partial charge in [-0.3, -0.25) is 4.79 Å². The molecular formula is C12H15ClOS. The number of rotatable bonds is 7. The van der Waals surface area contributed by atoms with Crippen molar-refractivity contribution in [1.82, 2.24) is 0 Å². The maximum Gasteiger partial charge on any atom is 0.174 e. The van der Waals surface area contributed by atoms with Gasteiger partial charge < -0.3 is 0 Å². The van der Waals surface area contributed by atoms with Gasteiger partial charge in [0.05, 0.1) is 9.90 Å². The normalized spacial score (nSPS) is 10.2. The molecule has 0 fully saturated rings. The van der Waals surface area contributed by atoms with Crippen molar-refractivity contribution < 1.29 is 4.79 Å². The third-order valence-electron chi connectivity index (χ3n) is 2.18. The molecule has 0 amide bonds. The van der Waals surface area contributed by atoms with E-state index in [0.29, 0.717) is 16.3 Å². The summed E-state index contributed by atoms with van der Waals surface area (Å²) in [6.07, 6.45) is 6.71. The summed E-state index contributed by atoms with van der Waals surface area (Å²) in [6.45, 7) is 3.66. The van der Waals surface area contributed by atoms with Gasteiger partial charge in [-0.1, -0.05) is 24.1 Å². The van der Waals surface area contributed by atoms with Gasteiger partial charge >= 0.3 is 0 Å². The first-order valence-electron chi connectivity index (χ1n) is 5.12. The van der Waals surface area contributed by atoms with E-state index in [-0.39, 0.29) is 5.78 Å². The molecule has 0 unspecified atom stereocenters. The van der Waals surface area contributed by atoms with Crippen molar-refractivity contribution in [2.45, 2.75) is 32.1 Å². The Bertz CT molecular complexity index is 330. The highest BCUT2D eigenvalue weighted by Crippen LogP contribution is 2.24. The summed E-state index contributed by atoms with van der Waals surface area (Å²) in [5.74, 6) is 0.175.